The first-order chi connectivity index (χ1) is 14.1. The topological polar surface area (TPSA) is 37.7 Å². The Labute approximate surface area is 182 Å². The molecule has 0 spiro atoms. The van der Waals surface area contributed by atoms with Gasteiger partial charge in [0.2, 0.25) is 11.9 Å². The largest absolute Gasteiger partial charge is 0.349 e. The highest BCUT2D eigenvalue weighted by atomic mass is 15.3. The van der Waals surface area contributed by atoms with E-state index in [2.05, 4.69) is 57.7 Å². The summed E-state index contributed by atoms with van der Waals surface area (Å²) < 4.78 is 0. The summed E-state index contributed by atoms with van der Waals surface area (Å²) in [5.41, 5.74) is 4.48. The highest BCUT2D eigenvalue weighted by molar-refractivity contribution is 6.06. The molecule has 0 saturated heterocycles. The van der Waals surface area contributed by atoms with Crippen LogP contribution in [0.3, 0.4) is 0 Å². The second-order valence-corrected chi connectivity index (χ2v) is 8.35. The van der Waals surface area contributed by atoms with Gasteiger partial charge in [-0.1, -0.05) is 38.1 Å². The maximum atomic E-state index is 5.16. The van der Waals surface area contributed by atoms with E-state index in [0.29, 0.717) is 0 Å². The quantitative estimate of drug-likeness (QED) is 0.560. The van der Waals surface area contributed by atoms with Crippen molar-refractivity contribution >= 4 is 34.1 Å². The first kappa shape index (κ1) is 23.5. The standard InChI is InChI=1S/C24H38N6/c1-11-17-13-15-19-16-14-18(12-2)22(26-24(29(7)8)30(9)10)20(19)21(17)25-23(27(3)4)28(5)6/h13-16H,11-12H2,1-10H3. The Kier molecular flexibility index (Phi) is 7.71. The summed E-state index contributed by atoms with van der Waals surface area (Å²) in [5.74, 6) is 1.82. The van der Waals surface area contributed by atoms with Crippen LogP contribution in [-0.2, 0) is 12.8 Å². The molecular weight excluding hydrogens is 372 g/mol. The maximum Gasteiger partial charge on any atom is 0.200 e. The predicted molar refractivity (Wildman–Crippen MR) is 132 cm³/mol. The Balaban J connectivity index is 3.03. The Morgan fingerprint density at radius 3 is 1.20 bits per heavy atom. The van der Waals surface area contributed by atoms with E-state index < -0.39 is 0 Å². The van der Waals surface area contributed by atoms with Crippen LogP contribution in [0.2, 0.25) is 0 Å². The van der Waals surface area contributed by atoms with Crippen LogP contribution < -0.4 is 0 Å². The first-order valence-corrected chi connectivity index (χ1v) is 10.6. The molecule has 2 aromatic rings. The molecule has 0 heterocycles. The fourth-order valence-corrected chi connectivity index (χ4v) is 3.69. The molecule has 2 rings (SSSR count). The molecule has 2 aromatic carbocycles. The van der Waals surface area contributed by atoms with E-state index in [9.17, 15) is 0 Å². The zero-order chi connectivity index (χ0) is 22.6. The summed E-state index contributed by atoms with van der Waals surface area (Å²) in [4.78, 5) is 18.5. The summed E-state index contributed by atoms with van der Waals surface area (Å²) in [6, 6.07) is 8.79. The van der Waals surface area contributed by atoms with E-state index in [1.54, 1.807) is 0 Å². The molecule has 0 unspecified atom stereocenters. The number of rotatable bonds is 4. The lowest BCUT2D eigenvalue weighted by molar-refractivity contribution is 0.484. The van der Waals surface area contributed by atoms with E-state index in [1.807, 2.05) is 56.4 Å². The Morgan fingerprint density at radius 2 is 0.933 bits per heavy atom. The zero-order valence-electron chi connectivity index (χ0n) is 20.4. The monoisotopic (exact) mass is 410 g/mol. The van der Waals surface area contributed by atoms with Gasteiger partial charge in [-0.2, -0.15) is 0 Å². The van der Waals surface area contributed by atoms with Gasteiger partial charge < -0.3 is 19.6 Å². The van der Waals surface area contributed by atoms with Gasteiger partial charge in [0.1, 0.15) is 0 Å². The summed E-state index contributed by atoms with van der Waals surface area (Å²) in [7, 11) is 16.2. The smallest absolute Gasteiger partial charge is 0.200 e. The highest BCUT2D eigenvalue weighted by Crippen LogP contribution is 2.40. The van der Waals surface area contributed by atoms with Crippen LogP contribution in [0.25, 0.3) is 10.8 Å². The van der Waals surface area contributed by atoms with Crippen molar-refractivity contribution in [2.75, 3.05) is 56.4 Å². The summed E-state index contributed by atoms with van der Waals surface area (Å²) in [6.45, 7) is 4.37. The number of hydrogen-bond donors (Lipinski definition) is 0. The number of benzene rings is 2. The first-order valence-electron chi connectivity index (χ1n) is 10.6. The van der Waals surface area contributed by atoms with Crippen LogP contribution in [0.5, 0.6) is 0 Å². The normalized spacial score (nSPS) is 10.6. The lowest BCUT2D eigenvalue weighted by Gasteiger charge is -2.25. The molecule has 0 bridgehead atoms. The van der Waals surface area contributed by atoms with E-state index in [4.69, 9.17) is 9.98 Å². The van der Waals surface area contributed by atoms with Gasteiger partial charge in [-0.3, -0.25) is 0 Å². The van der Waals surface area contributed by atoms with Crippen molar-refractivity contribution in [1.29, 1.82) is 0 Å². The minimum atomic E-state index is 0.912. The number of fused-ring (bicyclic) bond motifs is 1. The molecular formula is C24H38N6. The summed E-state index contributed by atoms with van der Waals surface area (Å²) >= 11 is 0. The molecule has 0 aliphatic heterocycles. The SMILES string of the molecule is CCc1ccc2ccc(CC)c(N=C(N(C)C)N(C)C)c2c1N=C(N(C)C)N(C)C. The van der Waals surface area contributed by atoms with Crippen molar-refractivity contribution in [3.63, 3.8) is 0 Å². The van der Waals surface area contributed by atoms with Gasteiger partial charge in [-0.25, -0.2) is 9.98 Å². The molecule has 0 radical (unpaired) electrons. The molecule has 6 heteroatoms. The lowest BCUT2D eigenvalue weighted by atomic mass is 9.97. The molecule has 0 fully saturated rings. The van der Waals surface area contributed by atoms with Gasteiger partial charge in [0, 0.05) is 61.8 Å². The third-order valence-electron chi connectivity index (χ3n) is 5.08. The number of guanidine groups is 2. The summed E-state index contributed by atoms with van der Waals surface area (Å²) in [6.07, 6.45) is 1.83. The van der Waals surface area contributed by atoms with Crippen LogP contribution >= 0.6 is 0 Å². The molecule has 30 heavy (non-hydrogen) atoms. The van der Waals surface area contributed by atoms with Crippen molar-refractivity contribution in [3.05, 3.63) is 35.4 Å². The molecule has 0 aliphatic rings. The minimum absolute atomic E-state index is 0.912. The van der Waals surface area contributed by atoms with Gasteiger partial charge in [-0.15, -0.1) is 0 Å². The summed E-state index contributed by atoms with van der Waals surface area (Å²) in [5, 5.41) is 2.28. The van der Waals surface area contributed by atoms with Crippen LogP contribution in [0, 0.1) is 0 Å². The van der Waals surface area contributed by atoms with E-state index in [-0.39, 0.29) is 0 Å². The Bertz CT molecular complexity index is 846. The molecule has 0 aromatic heterocycles. The van der Waals surface area contributed by atoms with E-state index in [0.717, 1.165) is 46.9 Å². The van der Waals surface area contributed by atoms with Crippen LogP contribution in [-0.4, -0.2) is 87.9 Å². The number of nitrogens with zero attached hydrogens (tertiary/aromatic N) is 6. The Hall–Kier alpha value is -2.76. The van der Waals surface area contributed by atoms with Gasteiger partial charge in [0.05, 0.1) is 11.4 Å². The minimum Gasteiger partial charge on any atom is -0.349 e. The van der Waals surface area contributed by atoms with Crippen LogP contribution in [0.1, 0.15) is 25.0 Å². The number of hydrogen-bond acceptors (Lipinski definition) is 2. The average molecular weight is 411 g/mol. The van der Waals surface area contributed by atoms with Gasteiger partial charge >= 0.3 is 0 Å². The number of aliphatic imine (C=N–C) groups is 2. The maximum absolute atomic E-state index is 5.16. The number of aryl methyl sites for hydroxylation is 2. The molecule has 0 aliphatic carbocycles. The van der Waals surface area contributed by atoms with Crippen LogP contribution in [0.15, 0.2) is 34.3 Å². The molecule has 0 amide bonds. The van der Waals surface area contributed by atoms with Crippen molar-refractivity contribution in [2.24, 2.45) is 9.98 Å². The second-order valence-electron chi connectivity index (χ2n) is 8.35. The van der Waals surface area contributed by atoms with E-state index in [1.165, 1.54) is 11.1 Å². The van der Waals surface area contributed by atoms with Gasteiger partial charge in [0.15, 0.2) is 0 Å². The third kappa shape index (κ3) is 4.86. The third-order valence-corrected chi connectivity index (χ3v) is 5.08. The molecule has 164 valence electrons. The van der Waals surface area contributed by atoms with Crippen molar-refractivity contribution < 1.29 is 0 Å². The van der Waals surface area contributed by atoms with Crippen molar-refractivity contribution in [3.8, 4) is 0 Å². The van der Waals surface area contributed by atoms with Gasteiger partial charge in [0.25, 0.3) is 0 Å². The van der Waals surface area contributed by atoms with Crippen molar-refractivity contribution in [2.45, 2.75) is 26.7 Å². The zero-order valence-corrected chi connectivity index (χ0v) is 20.4. The molecule has 0 N–H and O–H groups in total. The lowest BCUT2D eigenvalue weighted by Crippen LogP contribution is -2.35. The predicted octanol–water partition coefficient (Wildman–Crippen LogP) is 4.19. The van der Waals surface area contributed by atoms with Crippen molar-refractivity contribution in [1.82, 2.24) is 19.6 Å². The fraction of sp³-hybridized carbons (Fsp3) is 0.500. The fourth-order valence-electron chi connectivity index (χ4n) is 3.69. The average Bonchev–Trinajstić information content (AvgIpc) is 2.68. The Morgan fingerprint density at radius 1 is 0.600 bits per heavy atom. The van der Waals surface area contributed by atoms with Gasteiger partial charge in [-0.05, 0) is 29.4 Å². The molecule has 6 nitrogen and oxygen atoms in total. The van der Waals surface area contributed by atoms with E-state index >= 15 is 0 Å². The van der Waals surface area contributed by atoms with Crippen LogP contribution in [0.4, 0.5) is 11.4 Å². The second kappa shape index (κ2) is 9.83. The molecule has 0 saturated carbocycles. The molecule has 0 atom stereocenters. The highest BCUT2D eigenvalue weighted by Gasteiger charge is 2.17.